The minimum atomic E-state index is -0.00180. The van der Waals surface area contributed by atoms with E-state index in [9.17, 15) is 5.11 Å². The lowest BCUT2D eigenvalue weighted by Gasteiger charge is -2.09. The molecule has 2 aromatic carbocycles. The number of thiazole rings is 1. The lowest BCUT2D eigenvalue weighted by Crippen LogP contribution is -1.90. The zero-order chi connectivity index (χ0) is 17.8. The quantitative estimate of drug-likeness (QED) is 0.700. The zero-order valence-electron chi connectivity index (χ0n) is 14.3. The van der Waals surface area contributed by atoms with E-state index in [0.29, 0.717) is 11.5 Å². The van der Waals surface area contributed by atoms with Gasteiger partial charge in [-0.05, 0) is 30.7 Å². The number of aromatic hydroxyl groups is 1. The number of benzene rings is 2. The molecule has 1 aromatic heterocycles. The molecule has 3 aromatic rings. The van der Waals surface area contributed by atoms with Gasteiger partial charge in [0.15, 0.2) is 11.5 Å². The van der Waals surface area contributed by atoms with Gasteiger partial charge < -0.3 is 14.6 Å². The van der Waals surface area contributed by atoms with Gasteiger partial charge in [-0.25, -0.2) is 4.98 Å². The van der Waals surface area contributed by atoms with Crippen LogP contribution in [-0.2, 0) is 0 Å². The molecule has 0 radical (unpaired) electrons. The molecule has 3 rings (SSSR count). The van der Waals surface area contributed by atoms with Crippen molar-refractivity contribution in [1.29, 1.82) is 0 Å². The van der Waals surface area contributed by atoms with E-state index in [1.165, 1.54) is 19.8 Å². The van der Waals surface area contributed by atoms with Crippen LogP contribution < -0.4 is 9.47 Å². The van der Waals surface area contributed by atoms with Crippen molar-refractivity contribution in [2.24, 2.45) is 0 Å². The first-order chi connectivity index (χ1) is 12.1. The number of aromatic nitrogens is 1. The van der Waals surface area contributed by atoms with E-state index >= 15 is 0 Å². The minimum absolute atomic E-state index is 0.00180. The molecular formula is C20H19NO3S. The largest absolute Gasteiger partial charge is 0.502 e. The molecule has 0 amide bonds. The average molecular weight is 353 g/mol. The first-order valence-electron chi connectivity index (χ1n) is 7.76. The Morgan fingerprint density at radius 3 is 2.24 bits per heavy atom. The highest BCUT2D eigenvalue weighted by Gasteiger charge is 2.10. The summed E-state index contributed by atoms with van der Waals surface area (Å²) < 4.78 is 10.3. The molecule has 25 heavy (non-hydrogen) atoms. The molecule has 0 bridgehead atoms. The number of ether oxygens (including phenoxy) is 2. The van der Waals surface area contributed by atoms with E-state index < -0.39 is 0 Å². The molecule has 0 saturated carbocycles. The van der Waals surface area contributed by atoms with Crippen LogP contribution in [0.25, 0.3) is 23.4 Å². The standard InChI is InChI=1S/C20H19NO3S/c1-13-4-7-15(8-5-13)16-12-25-19(21-16)9-6-14-10-17(23-2)20(22)18(11-14)24-3/h4-12,22H,1-3H3. The molecule has 0 unspecified atom stereocenters. The lowest BCUT2D eigenvalue weighted by molar-refractivity contribution is 0.340. The Bertz CT molecular complexity index is 873. The summed E-state index contributed by atoms with van der Waals surface area (Å²) in [6, 6.07) is 11.8. The topological polar surface area (TPSA) is 51.6 Å². The van der Waals surface area contributed by atoms with Gasteiger partial charge in [0.1, 0.15) is 5.01 Å². The summed E-state index contributed by atoms with van der Waals surface area (Å²) in [6.45, 7) is 2.07. The van der Waals surface area contributed by atoms with Crippen LogP contribution in [0.3, 0.4) is 0 Å². The van der Waals surface area contributed by atoms with Crippen molar-refractivity contribution in [3.8, 4) is 28.5 Å². The summed E-state index contributed by atoms with van der Waals surface area (Å²) in [6.07, 6.45) is 3.86. The normalized spacial score (nSPS) is 11.0. The molecule has 4 nitrogen and oxygen atoms in total. The Morgan fingerprint density at radius 1 is 1.00 bits per heavy atom. The maximum Gasteiger partial charge on any atom is 0.200 e. The second-order valence-corrected chi connectivity index (χ2v) is 6.43. The van der Waals surface area contributed by atoms with Crippen LogP contribution in [0.4, 0.5) is 0 Å². The summed E-state index contributed by atoms with van der Waals surface area (Å²) in [7, 11) is 3.02. The summed E-state index contributed by atoms with van der Waals surface area (Å²) in [4.78, 5) is 4.65. The first kappa shape index (κ1) is 17.0. The van der Waals surface area contributed by atoms with Crippen molar-refractivity contribution in [2.75, 3.05) is 14.2 Å². The van der Waals surface area contributed by atoms with Gasteiger partial charge in [0.05, 0.1) is 19.9 Å². The average Bonchev–Trinajstić information content (AvgIpc) is 3.10. The van der Waals surface area contributed by atoms with Gasteiger partial charge in [0, 0.05) is 10.9 Å². The smallest absolute Gasteiger partial charge is 0.200 e. The number of aryl methyl sites for hydroxylation is 1. The van der Waals surface area contributed by atoms with Crippen LogP contribution >= 0.6 is 11.3 Å². The molecule has 0 aliphatic heterocycles. The van der Waals surface area contributed by atoms with Crippen LogP contribution in [0.1, 0.15) is 16.1 Å². The first-order valence-corrected chi connectivity index (χ1v) is 8.64. The molecule has 1 N–H and O–H groups in total. The van der Waals surface area contributed by atoms with Crippen LogP contribution in [0.5, 0.6) is 17.2 Å². The number of hydrogen-bond acceptors (Lipinski definition) is 5. The fourth-order valence-electron chi connectivity index (χ4n) is 2.40. The van der Waals surface area contributed by atoms with E-state index in [1.807, 2.05) is 17.5 Å². The molecule has 5 heteroatoms. The highest BCUT2D eigenvalue weighted by molar-refractivity contribution is 7.10. The van der Waals surface area contributed by atoms with Crippen LogP contribution in [-0.4, -0.2) is 24.3 Å². The van der Waals surface area contributed by atoms with Crippen molar-refractivity contribution in [3.63, 3.8) is 0 Å². The predicted molar refractivity (Wildman–Crippen MR) is 102 cm³/mol. The van der Waals surface area contributed by atoms with E-state index in [4.69, 9.17) is 9.47 Å². The number of methoxy groups -OCH3 is 2. The van der Waals surface area contributed by atoms with E-state index in [1.54, 1.807) is 23.5 Å². The second-order valence-electron chi connectivity index (χ2n) is 5.54. The van der Waals surface area contributed by atoms with Crippen molar-refractivity contribution < 1.29 is 14.6 Å². The fourth-order valence-corrected chi connectivity index (χ4v) is 3.12. The van der Waals surface area contributed by atoms with Crippen LogP contribution in [0, 0.1) is 6.92 Å². The maximum atomic E-state index is 9.96. The van der Waals surface area contributed by atoms with E-state index in [0.717, 1.165) is 21.8 Å². The second kappa shape index (κ2) is 7.40. The Morgan fingerprint density at radius 2 is 1.64 bits per heavy atom. The molecule has 0 saturated heterocycles. The zero-order valence-corrected chi connectivity index (χ0v) is 15.1. The van der Waals surface area contributed by atoms with Gasteiger partial charge in [0.2, 0.25) is 5.75 Å². The van der Waals surface area contributed by atoms with Gasteiger partial charge >= 0.3 is 0 Å². The molecule has 128 valence electrons. The van der Waals surface area contributed by atoms with Crippen molar-refractivity contribution in [3.05, 3.63) is 57.9 Å². The Hall–Kier alpha value is -2.79. The van der Waals surface area contributed by atoms with Crippen molar-refractivity contribution >= 4 is 23.5 Å². The number of phenolic OH excluding ortho intramolecular Hbond substituents is 1. The third kappa shape index (κ3) is 3.83. The van der Waals surface area contributed by atoms with Gasteiger partial charge in [-0.3, -0.25) is 0 Å². The van der Waals surface area contributed by atoms with Gasteiger partial charge in [-0.1, -0.05) is 35.9 Å². The predicted octanol–water partition coefficient (Wildman–Crippen LogP) is 5.01. The Kier molecular flexibility index (Phi) is 5.05. The fraction of sp³-hybridized carbons (Fsp3) is 0.150. The highest BCUT2D eigenvalue weighted by Crippen LogP contribution is 2.37. The Labute approximate surface area is 151 Å². The molecule has 1 heterocycles. The minimum Gasteiger partial charge on any atom is -0.502 e. The monoisotopic (exact) mass is 353 g/mol. The summed E-state index contributed by atoms with van der Waals surface area (Å²) in [5.41, 5.74) is 4.16. The van der Waals surface area contributed by atoms with Crippen molar-refractivity contribution in [1.82, 2.24) is 4.98 Å². The van der Waals surface area contributed by atoms with Crippen LogP contribution in [0.2, 0.25) is 0 Å². The number of rotatable bonds is 5. The lowest BCUT2D eigenvalue weighted by atomic mass is 10.1. The molecule has 0 aliphatic rings. The third-order valence-corrected chi connectivity index (χ3v) is 4.60. The Balaban J connectivity index is 1.84. The summed E-state index contributed by atoms with van der Waals surface area (Å²) in [5.74, 6) is 0.745. The number of hydrogen-bond donors (Lipinski definition) is 1. The molecule has 0 spiro atoms. The highest BCUT2D eigenvalue weighted by atomic mass is 32.1. The molecule has 0 atom stereocenters. The van der Waals surface area contributed by atoms with Gasteiger partial charge in [0.25, 0.3) is 0 Å². The molecule has 0 aliphatic carbocycles. The van der Waals surface area contributed by atoms with Crippen molar-refractivity contribution in [2.45, 2.75) is 6.92 Å². The van der Waals surface area contributed by atoms with Gasteiger partial charge in [-0.15, -0.1) is 11.3 Å². The number of phenols is 1. The van der Waals surface area contributed by atoms with E-state index in [2.05, 4.69) is 36.2 Å². The SMILES string of the molecule is COc1cc(C=Cc2nc(-c3ccc(C)cc3)cs2)cc(OC)c1O. The maximum absolute atomic E-state index is 9.96. The molecular weight excluding hydrogens is 334 g/mol. The van der Waals surface area contributed by atoms with E-state index in [-0.39, 0.29) is 5.75 Å². The molecule has 0 fully saturated rings. The summed E-state index contributed by atoms with van der Waals surface area (Å²) in [5, 5.41) is 12.9. The van der Waals surface area contributed by atoms with Crippen LogP contribution in [0.15, 0.2) is 41.8 Å². The number of nitrogens with zero attached hydrogens (tertiary/aromatic N) is 1. The van der Waals surface area contributed by atoms with Gasteiger partial charge in [-0.2, -0.15) is 0 Å². The summed E-state index contributed by atoms with van der Waals surface area (Å²) >= 11 is 1.58. The third-order valence-electron chi connectivity index (χ3n) is 3.79.